The van der Waals surface area contributed by atoms with Crippen LogP contribution in [0, 0.1) is 0 Å². The minimum Gasteiger partial charge on any atom is -0.483 e. The lowest BCUT2D eigenvalue weighted by atomic mass is 10.0. The van der Waals surface area contributed by atoms with E-state index in [1.165, 1.54) is 0 Å². The number of aromatic amines is 1. The number of nitrogens with zero attached hydrogens (tertiary/aromatic N) is 1. The zero-order chi connectivity index (χ0) is 19.2. The SMILES string of the molecule is CC[C@H](NC(=O)c1ccc2nc[nH]c2c1)c1ccccc1OCC(=O)NC. The Balaban J connectivity index is 1.78. The van der Waals surface area contributed by atoms with Gasteiger partial charge in [0.05, 0.1) is 23.4 Å². The van der Waals surface area contributed by atoms with Gasteiger partial charge in [0.25, 0.3) is 11.8 Å². The van der Waals surface area contributed by atoms with E-state index in [-0.39, 0.29) is 24.5 Å². The largest absolute Gasteiger partial charge is 0.483 e. The Morgan fingerprint density at radius 1 is 1.22 bits per heavy atom. The number of carbonyl (C=O) groups is 2. The number of rotatable bonds is 7. The van der Waals surface area contributed by atoms with E-state index in [9.17, 15) is 9.59 Å². The summed E-state index contributed by atoms with van der Waals surface area (Å²) in [7, 11) is 1.56. The molecule has 0 fully saturated rings. The molecule has 2 aromatic carbocycles. The van der Waals surface area contributed by atoms with Gasteiger partial charge in [-0.3, -0.25) is 9.59 Å². The highest BCUT2D eigenvalue weighted by Gasteiger charge is 2.18. The molecule has 0 aliphatic heterocycles. The van der Waals surface area contributed by atoms with Crippen LogP contribution in [0.15, 0.2) is 48.8 Å². The molecule has 3 aromatic rings. The van der Waals surface area contributed by atoms with Gasteiger partial charge in [-0.2, -0.15) is 0 Å². The molecule has 0 radical (unpaired) electrons. The summed E-state index contributed by atoms with van der Waals surface area (Å²) < 4.78 is 5.63. The third-order valence-corrected chi connectivity index (χ3v) is 4.33. The van der Waals surface area contributed by atoms with Gasteiger partial charge in [0.1, 0.15) is 5.75 Å². The minimum absolute atomic E-state index is 0.0750. The summed E-state index contributed by atoms with van der Waals surface area (Å²) >= 11 is 0. The normalized spacial score (nSPS) is 11.8. The van der Waals surface area contributed by atoms with Gasteiger partial charge in [0, 0.05) is 18.2 Å². The second-order valence-corrected chi connectivity index (χ2v) is 6.07. The van der Waals surface area contributed by atoms with Crippen molar-refractivity contribution in [1.29, 1.82) is 0 Å². The number of nitrogens with one attached hydrogen (secondary N) is 3. The van der Waals surface area contributed by atoms with Crippen molar-refractivity contribution in [3.8, 4) is 5.75 Å². The molecule has 0 aliphatic rings. The molecular formula is C20H22N4O3. The summed E-state index contributed by atoms with van der Waals surface area (Å²) in [5.41, 5.74) is 3.00. The first-order chi connectivity index (χ1) is 13.1. The summed E-state index contributed by atoms with van der Waals surface area (Å²) in [6, 6.07) is 12.5. The molecule has 2 amide bonds. The van der Waals surface area contributed by atoms with Crippen molar-refractivity contribution in [2.24, 2.45) is 0 Å². The first-order valence-electron chi connectivity index (χ1n) is 8.78. The number of amides is 2. The van der Waals surface area contributed by atoms with E-state index in [1.54, 1.807) is 31.6 Å². The molecule has 3 N–H and O–H groups in total. The second kappa shape index (κ2) is 8.35. The monoisotopic (exact) mass is 366 g/mol. The Labute approximate surface area is 157 Å². The number of aromatic nitrogens is 2. The zero-order valence-corrected chi connectivity index (χ0v) is 15.3. The fourth-order valence-electron chi connectivity index (χ4n) is 2.83. The first-order valence-corrected chi connectivity index (χ1v) is 8.78. The second-order valence-electron chi connectivity index (χ2n) is 6.07. The third-order valence-electron chi connectivity index (χ3n) is 4.33. The van der Waals surface area contributed by atoms with Crippen LogP contribution < -0.4 is 15.4 Å². The van der Waals surface area contributed by atoms with Crippen molar-refractivity contribution >= 4 is 22.8 Å². The molecule has 140 valence electrons. The van der Waals surface area contributed by atoms with Crippen LogP contribution in [0.5, 0.6) is 5.75 Å². The molecule has 27 heavy (non-hydrogen) atoms. The van der Waals surface area contributed by atoms with Crippen LogP contribution in [0.1, 0.15) is 35.3 Å². The van der Waals surface area contributed by atoms with Crippen molar-refractivity contribution in [2.45, 2.75) is 19.4 Å². The predicted octanol–water partition coefficient (Wildman–Crippen LogP) is 2.57. The molecule has 7 heteroatoms. The molecule has 1 atom stereocenters. The minimum atomic E-state index is -0.240. The van der Waals surface area contributed by atoms with Gasteiger partial charge in [0.15, 0.2) is 6.61 Å². The summed E-state index contributed by atoms with van der Waals surface area (Å²) in [6.45, 7) is 1.91. The van der Waals surface area contributed by atoms with E-state index < -0.39 is 0 Å². The van der Waals surface area contributed by atoms with Crippen LogP contribution in [0.2, 0.25) is 0 Å². The summed E-state index contributed by atoms with van der Waals surface area (Å²) in [4.78, 5) is 31.4. The summed E-state index contributed by atoms with van der Waals surface area (Å²) in [5.74, 6) is 0.187. The van der Waals surface area contributed by atoms with Gasteiger partial charge >= 0.3 is 0 Å². The predicted molar refractivity (Wildman–Crippen MR) is 103 cm³/mol. The van der Waals surface area contributed by atoms with Gasteiger partial charge in [0.2, 0.25) is 0 Å². The van der Waals surface area contributed by atoms with E-state index >= 15 is 0 Å². The molecule has 0 saturated heterocycles. The average molecular weight is 366 g/mol. The van der Waals surface area contributed by atoms with Crippen molar-refractivity contribution in [1.82, 2.24) is 20.6 Å². The lowest BCUT2D eigenvalue weighted by Gasteiger charge is -2.20. The molecule has 0 spiro atoms. The van der Waals surface area contributed by atoms with E-state index in [1.807, 2.05) is 31.2 Å². The Morgan fingerprint density at radius 2 is 2.04 bits per heavy atom. The number of hydrogen-bond acceptors (Lipinski definition) is 4. The average Bonchev–Trinajstić information content (AvgIpc) is 3.18. The lowest BCUT2D eigenvalue weighted by molar-refractivity contribution is -0.122. The molecule has 0 bridgehead atoms. The van der Waals surface area contributed by atoms with E-state index in [2.05, 4.69) is 20.6 Å². The number of para-hydroxylation sites is 1. The first kappa shape index (κ1) is 18.4. The maximum absolute atomic E-state index is 12.7. The van der Waals surface area contributed by atoms with Crippen LogP contribution in [0.4, 0.5) is 0 Å². The molecule has 3 rings (SSSR count). The smallest absolute Gasteiger partial charge is 0.257 e. The fourth-order valence-corrected chi connectivity index (χ4v) is 2.83. The zero-order valence-electron chi connectivity index (χ0n) is 15.3. The standard InChI is InChI=1S/C20H22N4O3/c1-3-15(14-6-4-5-7-18(14)27-11-19(25)21-2)24-20(26)13-8-9-16-17(10-13)23-12-22-16/h4-10,12,15H,3,11H2,1-2H3,(H,21,25)(H,22,23)(H,24,26)/t15-/m0/s1. The number of hydrogen-bond donors (Lipinski definition) is 3. The summed E-state index contributed by atoms with van der Waals surface area (Å²) in [5, 5.41) is 5.57. The Hall–Kier alpha value is -3.35. The number of benzene rings is 2. The maximum atomic E-state index is 12.7. The van der Waals surface area contributed by atoms with Crippen molar-refractivity contribution < 1.29 is 14.3 Å². The van der Waals surface area contributed by atoms with Crippen molar-refractivity contribution in [2.75, 3.05) is 13.7 Å². The van der Waals surface area contributed by atoms with Crippen LogP contribution in [0.25, 0.3) is 11.0 Å². The Morgan fingerprint density at radius 3 is 2.81 bits per heavy atom. The molecule has 0 aliphatic carbocycles. The van der Waals surface area contributed by atoms with Crippen LogP contribution >= 0.6 is 0 Å². The van der Waals surface area contributed by atoms with Crippen LogP contribution in [-0.2, 0) is 4.79 Å². The lowest BCUT2D eigenvalue weighted by Crippen LogP contribution is -2.29. The number of fused-ring (bicyclic) bond motifs is 1. The highest BCUT2D eigenvalue weighted by atomic mass is 16.5. The van der Waals surface area contributed by atoms with E-state index in [0.717, 1.165) is 16.6 Å². The number of H-pyrrole nitrogens is 1. The van der Waals surface area contributed by atoms with Crippen molar-refractivity contribution in [3.05, 3.63) is 59.9 Å². The number of imidazole rings is 1. The Kier molecular flexibility index (Phi) is 5.71. The number of likely N-dealkylation sites (N-methyl/N-ethyl adjacent to an activating group) is 1. The van der Waals surface area contributed by atoms with E-state index in [0.29, 0.717) is 17.7 Å². The van der Waals surface area contributed by atoms with Crippen LogP contribution in [0.3, 0.4) is 0 Å². The van der Waals surface area contributed by atoms with Crippen LogP contribution in [-0.4, -0.2) is 35.4 Å². The van der Waals surface area contributed by atoms with Gasteiger partial charge in [-0.1, -0.05) is 25.1 Å². The molecule has 0 saturated carbocycles. The topological polar surface area (TPSA) is 96.1 Å². The molecule has 0 unspecified atom stereocenters. The quantitative estimate of drug-likeness (QED) is 0.599. The fraction of sp³-hybridized carbons (Fsp3) is 0.250. The Bertz CT molecular complexity index is 951. The molecule has 1 aromatic heterocycles. The highest BCUT2D eigenvalue weighted by Crippen LogP contribution is 2.27. The molecule has 1 heterocycles. The maximum Gasteiger partial charge on any atom is 0.257 e. The van der Waals surface area contributed by atoms with E-state index in [4.69, 9.17) is 4.74 Å². The third kappa shape index (κ3) is 4.25. The number of carbonyl (C=O) groups excluding carboxylic acids is 2. The number of ether oxygens (including phenoxy) is 1. The molecular weight excluding hydrogens is 344 g/mol. The van der Waals surface area contributed by atoms with Crippen molar-refractivity contribution in [3.63, 3.8) is 0 Å². The van der Waals surface area contributed by atoms with Gasteiger partial charge < -0.3 is 20.4 Å². The summed E-state index contributed by atoms with van der Waals surface area (Å²) in [6.07, 6.45) is 2.28. The van der Waals surface area contributed by atoms with Gasteiger partial charge in [-0.05, 0) is 30.7 Å². The molecule has 7 nitrogen and oxygen atoms in total. The van der Waals surface area contributed by atoms with Gasteiger partial charge in [-0.25, -0.2) is 4.98 Å². The highest BCUT2D eigenvalue weighted by molar-refractivity contribution is 5.97. The van der Waals surface area contributed by atoms with Gasteiger partial charge in [-0.15, -0.1) is 0 Å².